The average molecular weight is 213 g/mol. The summed E-state index contributed by atoms with van der Waals surface area (Å²) in [7, 11) is 0. The van der Waals surface area contributed by atoms with Crippen molar-refractivity contribution in [3.05, 3.63) is 53.9 Å². The van der Waals surface area contributed by atoms with Crippen molar-refractivity contribution in [1.82, 2.24) is 4.98 Å². The number of hydrogen-bond donors (Lipinski definition) is 2. The molecule has 0 fully saturated rings. The number of hydrogen-bond acceptors (Lipinski definition) is 4. The molecule has 0 unspecified atom stereocenters. The molecule has 0 radical (unpaired) electrons. The molecule has 0 aliphatic carbocycles. The SMILES string of the molecule is Nc1ccc(C(=O)c2ccc(N)cn2)cc1. The van der Waals surface area contributed by atoms with E-state index >= 15 is 0 Å². The van der Waals surface area contributed by atoms with Gasteiger partial charge in [-0.1, -0.05) is 0 Å². The van der Waals surface area contributed by atoms with Crippen LogP contribution in [0.4, 0.5) is 11.4 Å². The minimum absolute atomic E-state index is 0.139. The molecule has 0 atom stereocenters. The van der Waals surface area contributed by atoms with Gasteiger partial charge in [0.2, 0.25) is 5.78 Å². The number of nitrogens with two attached hydrogens (primary N) is 2. The van der Waals surface area contributed by atoms with Crippen molar-refractivity contribution in [2.24, 2.45) is 0 Å². The molecule has 0 amide bonds. The van der Waals surface area contributed by atoms with Gasteiger partial charge in [-0.05, 0) is 36.4 Å². The van der Waals surface area contributed by atoms with E-state index in [1.807, 2.05) is 0 Å². The van der Waals surface area contributed by atoms with Gasteiger partial charge in [0.25, 0.3) is 0 Å². The van der Waals surface area contributed by atoms with Crippen molar-refractivity contribution in [3.63, 3.8) is 0 Å². The largest absolute Gasteiger partial charge is 0.399 e. The van der Waals surface area contributed by atoms with E-state index in [-0.39, 0.29) is 5.78 Å². The van der Waals surface area contributed by atoms with Crippen LogP contribution in [-0.4, -0.2) is 10.8 Å². The molecule has 0 aliphatic heterocycles. The number of carbonyl (C=O) groups is 1. The summed E-state index contributed by atoms with van der Waals surface area (Å²) in [6, 6.07) is 9.98. The molecule has 4 N–H and O–H groups in total. The van der Waals surface area contributed by atoms with Crippen LogP contribution in [0.5, 0.6) is 0 Å². The van der Waals surface area contributed by atoms with Gasteiger partial charge in [-0.15, -0.1) is 0 Å². The molecular formula is C12H11N3O. The molecule has 0 saturated carbocycles. The highest BCUT2D eigenvalue weighted by molar-refractivity contribution is 6.07. The topological polar surface area (TPSA) is 82.0 Å². The molecular weight excluding hydrogens is 202 g/mol. The maximum absolute atomic E-state index is 11.9. The predicted molar refractivity (Wildman–Crippen MR) is 62.9 cm³/mol. The molecule has 1 aromatic heterocycles. The molecule has 4 nitrogen and oxygen atoms in total. The third-order valence-electron chi connectivity index (χ3n) is 2.19. The van der Waals surface area contributed by atoms with E-state index in [4.69, 9.17) is 11.5 Å². The first-order valence-electron chi connectivity index (χ1n) is 4.78. The fraction of sp³-hybridized carbons (Fsp3) is 0. The molecule has 16 heavy (non-hydrogen) atoms. The first-order chi connectivity index (χ1) is 7.66. The lowest BCUT2D eigenvalue weighted by Gasteiger charge is -2.01. The predicted octanol–water partition coefficient (Wildman–Crippen LogP) is 1.48. The molecule has 0 aliphatic rings. The Morgan fingerprint density at radius 3 is 2.12 bits per heavy atom. The fourth-order valence-corrected chi connectivity index (χ4v) is 1.32. The Hall–Kier alpha value is -2.36. The number of ketones is 1. The number of pyridine rings is 1. The standard InChI is InChI=1S/C12H11N3O/c13-9-3-1-8(2-4-9)12(16)11-6-5-10(14)7-15-11/h1-7H,13-14H2. The summed E-state index contributed by atoms with van der Waals surface area (Å²) in [6.07, 6.45) is 1.46. The van der Waals surface area contributed by atoms with E-state index in [2.05, 4.69) is 4.98 Å². The summed E-state index contributed by atoms with van der Waals surface area (Å²) < 4.78 is 0. The lowest BCUT2D eigenvalue weighted by Crippen LogP contribution is -2.04. The average Bonchev–Trinajstić information content (AvgIpc) is 2.30. The van der Waals surface area contributed by atoms with E-state index < -0.39 is 0 Å². The number of nitrogen functional groups attached to an aromatic ring is 2. The molecule has 4 heteroatoms. The zero-order valence-corrected chi connectivity index (χ0v) is 8.55. The molecule has 0 spiro atoms. The smallest absolute Gasteiger partial charge is 0.211 e. The number of aromatic nitrogens is 1. The number of carbonyl (C=O) groups excluding carboxylic acids is 1. The van der Waals surface area contributed by atoms with Crippen molar-refractivity contribution >= 4 is 17.2 Å². The first kappa shape index (κ1) is 10.2. The first-order valence-corrected chi connectivity index (χ1v) is 4.78. The van der Waals surface area contributed by atoms with Gasteiger partial charge in [-0.25, -0.2) is 0 Å². The van der Waals surface area contributed by atoms with E-state index in [1.165, 1.54) is 6.20 Å². The van der Waals surface area contributed by atoms with Crippen molar-refractivity contribution in [1.29, 1.82) is 0 Å². The van der Waals surface area contributed by atoms with Crippen molar-refractivity contribution in [2.75, 3.05) is 11.5 Å². The van der Waals surface area contributed by atoms with Gasteiger partial charge in [-0.2, -0.15) is 0 Å². The van der Waals surface area contributed by atoms with E-state index in [0.717, 1.165) is 0 Å². The number of rotatable bonds is 2. The molecule has 0 saturated heterocycles. The minimum atomic E-state index is -0.139. The highest BCUT2D eigenvalue weighted by atomic mass is 16.1. The van der Waals surface area contributed by atoms with Gasteiger partial charge >= 0.3 is 0 Å². The zero-order valence-electron chi connectivity index (χ0n) is 8.55. The maximum atomic E-state index is 11.9. The van der Waals surface area contributed by atoms with Gasteiger partial charge in [-0.3, -0.25) is 9.78 Å². The highest BCUT2D eigenvalue weighted by Crippen LogP contribution is 2.11. The summed E-state index contributed by atoms with van der Waals surface area (Å²) >= 11 is 0. The normalized spacial score (nSPS) is 10.0. The number of anilines is 2. The van der Waals surface area contributed by atoms with Crippen LogP contribution in [0.25, 0.3) is 0 Å². The Kier molecular flexibility index (Phi) is 2.55. The Bertz CT molecular complexity index is 455. The second-order valence-corrected chi connectivity index (χ2v) is 3.43. The summed E-state index contributed by atoms with van der Waals surface area (Å²) in [4.78, 5) is 15.9. The van der Waals surface area contributed by atoms with Gasteiger partial charge in [0, 0.05) is 11.3 Å². The Morgan fingerprint density at radius 2 is 1.56 bits per heavy atom. The molecule has 0 bridgehead atoms. The molecule has 1 heterocycles. The number of nitrogens with zero attached hydrogens (tertiary/aromatic N) is 1. The summed E-state index contributed by atoms with van der Waals surface area (Å²) in [5, 5.41) is 0. The summed E-state index contributed by atoms with van der Waals surface area (Å²) in [5.74, 6) is -0.139. The minimum Gasteiger partial charge on any atom is -0.399 e. The lowest BCUT2D eigenvalue weighted by atomic mass is 10.1. The highest BCUT2D eigenvalue weighted by Gasteiger charge is 2.09. The van der Waals surface area contributed by atoms with Gasteiger partial charge in [0.05, 0.1) is 11.9 Å². The zero-order chi connectivity index (χ0) is 11.5. The monoisotopic (exact) mass is 213 g/mol. The fourth-order valence-electron chi connectivity index (χ4n) is 1.32. The quantitative estimate of drug-likeness (QED) is 0.584. The van der Waals surface area contributed by atoms with Crippen LogP contribution in [-0.2, 0) is 0 Å². The summed E-state index contributed by atoms with van der Waals surface area (Å²) in [5.41, 5.74) is 13.1. The van der Waals surface area contributed by atoms with Crippen molar-refractivity contribution in [2.45, 2.75) is 0 Å². The third-order valence-corrected chi connectivity index (χ3v) is 2.19. The second-order valence-electron chi connectivity index (χ2n) is 3.43. The van der Waals surface area contributed by atoms with E-state index in [9.17, 15) is 4.79 Å². The van der Waals surface area contributed by atoms with Crippen LogP contribution in [0.2, 0.25) is 0 Å². The number of benzene rings is 1. The Labute approximate surface area is 92.9 Å². The Morgan fingerprint density at radius 1 is 0.938 bits per heavy atom. The Balaban J connectivity index is 2.32. The van der Waals surface area contributed by atoms with E-state index in [0.29, 0.717) is 22.6 Å². The van der Waals surface area contributed by atoms with Gasteiger partial charge in [0.1, 0.15) is 5.69 Å². The van der Waals surface area contributed by atoms with Gasteiger partial charge < -0.3 is 11.5 Å². The van der Waals surface area contributed by atoms with Crippen molar-refractivity contribution in [3.8, 4) is 0 Å². The van der Waals surface area contributed by atoms with Crippen LogP contribution in [0, 0.1) is 0 Å². The lowest BCUT2D eigenvalue weighted by molar-refractivity contribution is 0.103. The second kappa shape index (κ2) is 4.02. The maximum Gasteiger partial charge on any atom is 0.211 e. The molecule has 1 aromatic carbocycles. The molecule has 2 aromatic rings. The van der Waals surface area contributed by atoms with Crippen LogP contribution >= 0.6 is 0 Å². The van der Waals surface area contributed by atoms with Crippen LogP contribution in [0.3, 0.4) is 0 Å². The van der Waals surface area contributed by atoms with Gasteiger partial charge in [0.15, 0.2) is 0 Å². The van der Waals surface area contributed by atoms with Crippen molar-refractivity contribution < 1.29 is 4.79 Å². The van der Waals surface area contributed by atoms with Crippen LogP contribution < -0.4 is 11.5 Å². The molecule has 80 valence electrons. The molecule has 2 rings (SSSR count). The van der Waals surface area contributed by atoms with Crippen LogP contribution in [0.15, 0.2) is 42.6 Å². The van der Waals surface area contributed by atoms with Crippen LogP contribution in [0.1, 0.15) is 16.1 Å². The third kappa shape index (κ3) is 2.00. The van der Waals surface area contributed by atoms with E-state index in [1.54, 1.807) is 36.4 Å². The summed E-state index contributed by atoms with van der Waals surface area (Å²) in [6.45, 7) is 0.